The maximum atomic E-state index is 12.5. The van der Waals surface area contributed by atoms with Crippen LogP contribution in [0.3, 0.4) is 0 Å². The van der Waals surface area contributed by atoms with Crippen molar-refractivity contribution < 1.29 is 26.9 Å². The van der Waals surface area contributed by atoms with Gasteiger partial charge in [0, 0.05) is 26.2 Å². The Morgan fingerprint density at radius 1 is 1.13 bits per heavy atom. The second-order valence-electron chi connectivity index (χ2n) is 7.21. The average Bonchev–Trinajstić information content (AvgIpc) is 3.28. The Balaban J connectivity index is 1.66. The molecule has 8 nitrogen and oxygen atoms in total. The number of benzene rings is 2. The molecule has 1 aliphatic heterocycles. The Labute approximate surface area is 183 Å². The summed E-state index contributed by atoms with van der Waals surface area (Å²) in [4.78, 5) is 14.2. The molecule has 2 amide bonds. The monoisotopic (exact) mass is 448 g/mol. The molecule has 0 bridgehead atoms. The minimum Gasteiger partial charge on any atom is -0.497 e. The summed E-state index contributed by atoms with van der Waals surface area (Å²) in [6.07, 6.45) is 1.98. The highest BCUT2D eigenvalue weighted by molar-refractivity contribution is 7.87. The first-order chi connectivity index (χ1) is 14.9. The van der Waals surface area contributed by atoms with Gasteiger partial charge in [0.1, 0.15) is 16.4 Å². The number of hydrogen-bond donors (Lipinski definition) is 1. The van der Waals surface area contributed by atoms with Gasteiger partial charge in [-0.05, 0) is 61.7 Å². The number of nitrogens with one attached hydrogen (secondary N) is 1. The van der Waals surface area contributed by atoms with Crippen LogP contribution in [0.5, 0.6) is 11.5 Å². The molecule has 0 saturated carbocycles. The first-order valence-electron chi connectivity index (χ1n) is 10.2. The summed E-state index contributed by atoms with van der Waals surface area (Å²) in [5.41, 5.74) is 0.860. The molecule has 1 N–H and O–H groups in total. The van der Waals surface area contributed by atoms with Crippen LogP contribution in [0.15, 0.2) is 53.4 Å². The Bertz CT molecular complexity index is 955. The molecule has 0 radical (unpaired) electrons. The molecule has 168 valence electrons. The predicted octanol–water partition coefficient (Wildman–Crippen LogP) is 3.17. The molecular formula is C22H28N2O6S. The third-order valence-electron chi connectivity index (χ3n) is 4.91. The van der Waals surface area contributed by atoms with Crippen molar-refractivity contribution in [3.05, 3.63) is 54.1 Å². The van der Waals surface area contributed by atoms with Gasteiger partial charge in [-0.1, -0.05) is 12.1 Å². The molecule has 1 saturated heterocycles. The Hall–Kier alpha value is -2.78. The molecule has 1 fully saturated rings. The molecule has 0 aromatic heterocycles. The zero-order valence-electron chi connectivity index (χ0n) is 17.7. The van der Waals surface area contributed by atoms with Crippen LogP contribution in [0.25, 0.3) is 0 Å². The third-order valence-corrected chi connectivity index (χ3v) is 6.18. The first-order valence-corrected chi connectivity index (χ1v) is 11.6. The lowest BCUT2D eigenvalue weighted by atomic mass is 10.2. The number of carbonyl (C=O) groups is 1. The number of carbonyl (C=O) groups excluding carboxylic acids is 1. The van der Waals surface area contributed by atoms with Gasteiger partial charge in [-0.25, -0.2) is 4.79 Å². The van der Waals surface area contributed by atoms with Crippen molar-refractivity contribution in [2.24, 2.45) is 0 Å². The van der Waals surface area contributed by atoms with Gasteiger partial charge in [-0.15, -0.1) is 0 Å². The second-order valence-corrected chi connectivity index (χ2v) is 8.75. The average molecular weight is 449 g/mol. The van der Waals surface area contributed by atoms with Gasteiger partial charge >= 0.3 is 16.1 Å². The lowest BCUT2D eigenvalue weighted by molar-refractivity contribution is 0.0796. The second kappa shape index (κ2) is 10.5. The summed E-state index contributed by atoms with van der Waals surface area (Å²) in [5.74, 6) is 0.756. The van der Waals surface area contributed by atoms with Crippen molar-refractivity contribution in [3.8, 4) is 11.5 Å². The normalized spacial score (nSPS) is 16.0. The molecule has 0 spiro atoms. The van der Waals surface area contributed by atoms with Crippen molar-refractivity contribution in [1.29, 1.82) is 0 Å². The number of rotatable bonds is 9. The molecule has 2 aromatic rings. The van der Waals surface area contributed by atoms with Gasteiger partial charge < -0.3 is 23.9 Å². The Kier molecular flexibility index (Phi) is 7.75. The summed E-state index contributed by atoms with van der Waals surface area (Å²) in [6, 6.07) is 12.5. The lowest BCUT2D eigenvalue weighted by Gasteiger charge is -2.25. The van der Waals surface area contributed by atoms with E-state index < -0.39 is 10.1 Å². The fourth-order valence-corrected chi connectivity index (χ4v) is 4.23. The molecule has 0 aliphatic carbocycles. The lowest BCUT2D eigenvalue weighted by Crippen LogP contribution is -2.43. The Morgan fingerprint density at radius 2 is 1.81 bits per heavy atom. The fraction of sp³-hybridized carbons (Fsp3) is 0.409. The molecule has 0 unspecified atom stereocenters. The summed E-state index contributed by atoms with van der Waals surface area (Å²) in [5, 5.41) is 2.83. The molecule has 2 aromatic carbocycles. The molecule has 3 rings (SSSR count). The maximum Gasteiger partial charge on any atom is 0.339 e. The zero-order valence-corrected chi connectivity index (χ0v) is 18.6. The predicted molar refractivity (Wildman–Crippen MR) is 116 cm³/mol. The van der Waals surface area contributed by atoms with E-state index in [2.05, 4.69) is 5.32 Å². The number of urea groups is 1. The number of nitrogens with zero attached hydrogens (tertiary/aromatic N) is 1. The molecule has 1 atom stereocenters. The third kappa shape index (κ3) is 6.35. The molecule has 31 heavy (non-hydrogen) atoms. The zero-order chi connectivity index (χ0) is 22.3. The van der Waals surface area contributed by atoms with E-state index >= 15 is 0 Å². The van der Waals surface area contributed by atoms with Crippen LogP contribution >= 0.6 is 0 Å². The van der Waals surface area contributed by atoms with E-state index in [4.69, 9.17) is 13.7 Å². The van der Waals surface area contributed by atoms with E-state index in [9.17, 15) is 13.2 Å². The van der Waals surface area contributed by atoms with Crippen molar-refractivity contribution in [2.75, 3.05) is 26.8 Å². The van der Waals surface area contributed by atoms with Gasteiger partial charge in [0.15, 0.2) is 0 Å². The number of hydrogen-bond acceptors (Lipinski definition) is 6. The standard InChI is InChI=1S/C22H28N2O6S/c1-3-23-22(25)24(16-20-5-4-14-29-20)15-17-6-8-19(9-7-17)30-31(26,27)21-12-10-18(28-2)11-13-21/h6-13,20H,3-5,14-16H2,1-2H3,(H,23,25)/t20-/m1/s1. The van der Waals surface area contributed by atoms with Gasteiger partial charge in [0.05, 0.1) is 13.2 Å². The molecular weight excluding hydrogens is 420 g/mol. The molecule has 1 aliphatic rings. The summed E-state index contributed by atoms with van der Waals surface area (Å²) in [6.45, 7) is 4.03. The highest BCUT2D eigenvalue weighted by atomic mass is 32.2. The van der Waals surface area contributed by atoms with Gasteiger partial charge in [0.2, 0.25) is 0 Å². The van der Waals surface area contributed by atoms with Crippen LogP contribution in [0, 0.1) is 0 Å². The van der Waals surface area contributed by atoms with Gasteiger partial charge in [-0.3, -0.25) is 0 Å². The van der Waals surface area contributed by atoms with E-state index in [0.29, 0.717) is 25.4 Å². The van der Waals surface area contributed by atoms with Crippen LogP contribution in [-0.4, -0.2) is 52.3 Å². The maximum absolute atomic E-state index is 12.5. The summed E-state index contributed by atoms with van der Waals surface area (Å²) >= 11 is 0. The van der Waals surface area contributed by atoms with Crippen LogP contribution in [0.2, 0.25) is 0 Å². The molecule has 1 heterocycles. The Morgan fingerprint density at radius 3 is 2.39 bits per heavy atom. The van der Waals surface area contributed by atoms with Crippen LogP contribution < -0.4 is 14.2 Å². The van der Waals surface area contributed by atoms with E-state index in [-0.39, 0.29) is 22.8 Å². The van der Waals surface area contributed by atoms with Crippen molar-refractivity contribution >= 4 is 16.1 Å². The first kappa shape index (κ1) is 22.9. The van der Waals surface area contributed by atoms with E-state index in [1.807, 2.05) is 6.92 Å². The van der Waals surface area contributed by atoms with Crippen LogP contribution in [0.4, 0.5) is 4.79 Å². The topological polar surface area (TPSA) is 94.2 Å². The van der Waals surface area contributed by atoms with Crippen molar-refractivity contribution in [2.45, 2.75) is 37.3 Å². The number of amides is 2. The highest BCUT2D eigenvalue weighted by Crippen LogP contribution is 2.22. The van der Waals surface area contributed by atoms with Crippen LogP contribution in [0.1, 0.15) is 25.3 Å². The summed E-state index contributed by atoms with van der Waals surface area (Å²) in [7, 11) is -2.45. The van der Waals surface area contributed by atoms with E-state index in [0.717, 1.165) is 25.0 Å². The SMILES string of the molecule is CCNC(=O)N(Cc1ccc(OS(=O)(=O)c2ccc(OC)cc2)cc1)C[C@H]1CCCO1. The van der Waals surface area contributed by atoms with Crippen molar-refractivity contribution in [3.63, 3.8) is 0 Å². The van der Waals surface area contributed by atoms with E-state index in [1.165, 1.54) is 19.2 Å². The smallest absolute Gasteiger partial charge is 0.339 e. The van der Waals surface area contributed by atoms with Crippen molar-refractivity contribution in [1.82, 2.24) is 10.2 Å². The van der Waals surface area contributed by atoms with Gasteiger partial charge in [0.25, 0.3) is 0 Å². The minimum atomic E-state index is -3.96. The summed E-state index contributed by atoms with van der Waals surface area (Å²) < 4.78 is 40.9. The quantitative estimate of drug-likeness (QED) is 0.592. The largest absolute Gasteiger partial charge is 0.497 e. The van der Waals surface area contributed by atoms with Crippen LogP contribution in [-0.2, 0) is 21.4 Å². The number of ether oxygens (including phenoxy) is 2. The number of methoxy groups -OCH3 is 1. The van der Waals surface area contributed by atoms with E-state index in [1.54, 1.807) is 41.3 Å². The van der Waals surface area contributed by atoms with Gasteiger partial charge in [-0.2, -0.15) is 8.42 Å². The fourth-order valence-electron chi connectivity index (χ4n) is 3.30. The highest BCUT2D eigenvalue weighted by Gasteiger charge is 2.23. The molecule has 9 heteroatoms. The minimum absolute atomic E-state index is 0.0383.